The zero-order valence-corrected chi connectivity index (χ0v) is 14.6. The quantitative estimate of drug-likeness (QED) is 0.887. The maximum Gasteiger partial charge on any atom is 0.250 e. The summed E-state index contributed by atoms with van der Waals surface area (Å²) in [6.07, 6.45) is 2.23. The number of aryl methyl sites for hydroxylation is 1. The van der Waals surface area contributed by atoms with E-state index in [2.05, 4.69) is 0 Å². The van der Waals surface area contributed by atoms with Gasteiger partial charge in [-0.2, -0.15) is 0 Å². The molecule has 1 amide bonds. The molecular weight excluding hydrogens is 335 g/mol. The minimum Gasteiger partial charge on any atom is -0.393 e. The van der Waals surface area contributed by atoms with E-state index in [1.807, 2.05) is 0 Å². The van der Waals surface area contributed by atoms with E-state index in [0.717, 1.165) is 0 Å². The first-order valence-corrected chi connectivity index (χ1v) is 8.89. The summed E-state index contributed by atoms with van der Waals surface area (Å²) in [7, 11) is 0. The summed E-state index contributed by atoms with van der Waals surface area (Å²) in [5.74, 6) is -0.526. The van der Waals surface area contributed by atoms with Gasteiger partial charge in [0.25, 0.3) is 5.56 Å². The molecule has 26 heavy (non-hydrogen) atoms. The minimum absolute atomic E-state index is 0.0498. The number of amides is 1. The summed E-state index contributed by atoms with van der Waals surface area (Å²) >= 11 is 0. The van der Waals surface area contributed by atoms with Gasteiger partial charge in [-0.3, -0.25) is 9.59 Å². The molecule has 0 saturated carbocycles. The SMILES string of the molecule is O=C(CCn1ccccc1=O)N1CC[C@@H](O)[C@H](Cc2ccccc2F)C1. The molecular formula is C20H23FN2O3. The first-order valence-electron chi connectivity index (χ1n) is 8.89. The Hall–Kier alpha value is -2.47. The molecule has 0 bridgehead atoms. The van der Waals surface area contributed by atoms with Crippen LogP contribution in [0, 0.1) is 11.7 Å². The van der Waals surface area contributed by atoms with Crippen molar-refractivity contribution in [1.29, 1.82) is 0 Å². The van der Waals surface area contributed by atoms with Gasteiger partial charge in [0.15, 0.2) is 0 Å². The van der Waals surface area contributed by atoms with E-state index in [1.54, 1.807) is 41.4 Å². The number of benzene rings is 1. The Kier molecular flexibility index (Phi) is 5.83. The number of halogens is 1. The van der Waals surface area contributed by atoms with Crippen molar-refractivity contribution < 1.29 is 14.3 Å². The van der Waals surface area contributed by atoms with Gasteiger partial charge in [-0.25, -0.2) is 4.39 Å². The summed E-state index contributed by atoms with van der Waals surface area (Å²) in [5, 5.41) is 10.3. The van der Waals surface area contributed by atoms with Crippen molar-refractivity contribution in [1.82, 2.24) is 9.47 Å². The van der Waals surface area contributed by atoms with Crippen LogP contribution in [0.25, 0.3) is 0 Å². The number of rotatable bonds is 5. The van der Waals surface area contributed by atoms with Crippen LogP contribution in [0.3, 0.4) is 0 Å². The Morgan fingerprint density at radius 3 is 2.73 bits per heavy atom. The Balaban J connectivity index is 1.60. The van der Waals surface area contributed by atoms with E-state index in [1.165, 1.54) is 16.7 Å². The molecule has 5 nitrogen and oxygen atoms in total. The van der Waals surface area contributed by atoms with Crippen LogP contribution >= 0.6 is 0 Å². The molecule has 0 aliphatic carbocycles. The van der Waals surface area contributed by atoms with Crippen molar-refractivity contribution in [3.8, 4) is 0 Å². The summed E-state index contributed by atoms with van der Waals surface area (Å²) in [5.41, 5.74) is 0.425. The summed E-state index contributed by atoms with van der Waals surface area (Å²) in [6.45, 7) is 1.21. The Morgan fingerprint density at radius 2 is 1.96 bits per heavy atom. The van der Waals surface area contributed by atoms with Crippen molar-refractivity contribution in [2.45, 2.75) is 31.9 Å². The van der Waals surface area contributed by atoms with Gasteiger partial charge in [0.05, 0.1) is 6.10 Å². The highest BCUT2D eigenvalue weighted by atomic mass is 19.1. The standard InChI is InChI=1S/C20H23FN2O3/c21-17-6-2-1-5-15(17)13-16-14-23(11-8-18(16)24)20(26)9-12-22-10-4-3-7-19(22)25/h1-7,10,16,18,24H,8-9,11-14H2/t16-,18-/m1/s1. The highest BCUT2D eigenvalue weighted by Crippen LogP contribution is 2.23. The molecule has 1 saturated heterocycles. The van der Waals surface area contributed by atoms with Crippen molar-refractivity contribution >= 4 is 5.91 Å². The van der Waals surface area contributed by atoms with E-state index in [4.69, 9.17) is 0 Å². The number of aromatic nitrogens is 1. The summed E-state index contributed by atoms with van der Waals surface area (Å²) < 4.78 is 15.4. The second kappa shape index (κ2) is 8.27. The maximum absolute atomic E-state index is 13.9. The average molecular weight is 358 g/mol. The number of aliphatic hydroxyl groups excluding tert-OH is 1. The smallest absolute Gasteiger partial charge is 0.250 e. The van der Waals surface area contributed by atoms with Gasteiger partial charge in [0, 0.05) is 44.2 Å². The number of hydrogen-bond acceptors (Lipinski definition) is 3. The molecule has 138 valence electrons. The number of nitrogens with zero attached hydrogens (tertiary/aromatic N) is 2. The maximum atomic E-state index is 13.9. The molecule has 1 aromatic heterocycles. The van der Waals surface area contributed by atoms with Gasteiger partial charge < -0.3 is 14.6 Å². The lowest BCUT2D eigenvalue weighted by Crippen LogP contribution is -2.47. The summed E-state index contributed by atoms with van der Waals surface area (Å²) in [6, 6.07) is 11.4. The van der Waals surface area contributed by atoms with E-state index in [9.17, 15) is 19.1 Å². The Bertz CT molecular complexity index is 820. The molecule has 0 radical (unpaired) electrons. The fourth-order valence-electron chi connectivity index (χ4n) is 3.41. The lowest BCUT2D eigenvalue weighted by atomic mass is 9.88. The monoisotopic (exact) mass is 358 g/mol. The largest absolute Gasteiger partial charge is 0.393 e. The van der Waals surface area contributed by atoms with Crippen molar-refractivity contribution in [2.24, 2.45) is 5.92 Å². The predicted octanol–water partition coefficient (Wildman–Crippen LogP) is 1.83. The minimum atomic E-state index is -0.546. The number of piperidine rings is 1. The van der Waals surface area contributed by atoms with Crippen LogP contribution in [0.4, 0.5) is 4.39 Å². The van der Waals surface area contributed by atoms with Crippen LogP contribution in [-0.2, 0) is 17.8 Å². The Morgan fingerprint density at radius 1 is 1.19 bits per heavy atom. The van der Waals surface area contributed by atoms with Gasteiger partial charge in [-0.1, -0.05) is 24.3 Å². The van der Waals surface area contributed by atoms with Crippen molar-refractivity contribution in [2.75, 3.05) is 13.1 Å². The van der Waals surface area contributed by atoms with Crippen LogP contribution < -0.4 is 5.56 Å². The molecule has 0 unspecified atom stereocenters. The molecule has 3 rings (SSSR count). The lowest BCUT2D eigenvalue weighted by Gasteiger charge is -2.36. The van der Waals surface area contributed by atoms with E-state index in [0.29, 0.717) is 38.0 Å². The van der Waals surface area contributed by atoms with E-state index >= 15 is 0 Å². The second-order valence-electron chi connectivity index (χ2n) is 6.73. The van der Waals surface area contributed by atoms with E-state index < -0.39 is 6.10 Å². The van der Waals surface area contributed by atoms with Gasteiger partial charge in [-0.15, -0.1) is 0 Å². The van der Waals surface area contributed by atoms with Crippen LogP contribution in [0.5, 0.6) is 0 Å². The average Bonchev–Trinajstić information content (AvgIpc) is 2.64. The third-order valence-corrected chi connectivity index (χ3v) is 4.95. The Labute approximate surface area is 151 Å². The number of likely N-dealkylation sites (tertiary alicyclic amines) is 1. The molecule has 1 fully saturated rings. The number of carbonyl (C=O) groups is 1. The lowest BCUT2D eigenvalue weighted by molar-refractivity contribution is -0.135. The molecule has 2 atom stereocenters. The molecule has 1 aromatic carbocycles. The van der Waals surface area contributed by atoms with Crippen LogP contribution in [-0.4, -0.2) is 39.7 Å². The molecule has 2 heterocycles. The third kappa shape index (κ3) is 4.38. The first kappa shape index (κ1) is 18.3. The van der Waals surface area contributed by atoms with Crippen LogP contribution in [0.1, 0.15) is 18.4 Å². The number of carbonyl (C=O) groups excluding carboxylic acids is 1. The summed E-state index contributed by atoms with van der Waals surface area (Å²) in [4.78, 5) is 25.9. The normalized spacial score (nSPS) is 20.2. The third-order valence-electron chi connectivity index (χ3n) is 4.95. The van der Waals surface area contributed by atoms with Crippen molar-refractivity contribution in [3.63, 3.8) is 0 Å². The van der Waals surface area contributed by atoms with Crippen LogP contribution in [0.15, 0.2) is 53.5 Å². The topological polar surface area (TPSA) is 62.5 Å². The fraction of sp³-hybridized carbons (Fsp3) is 0.400. The van der Waals surface area contributed by atoms with Crippen molar-refractivity contribution in [3.05, 3.63) is 70.4 Å². The van der Waals surface area contributed by atoms with Gasteiger partial charge in [-0.05, 0) is 30.5 Å². The molecule has 1 N–H and O–H groups in total. The number of hydrogen-bond donors (Lipinski definition) is 1. The first-order chi connectivity index (χ1) is 12.5. The predicted molar refractivity (Wildman–Crippen MR) is 96.1 cm³/mol. The number of pyridine rings is 1. The molecule has 0 spiro atoms. The molecule has 2 aromatic rings. The molecule has 6 heteroatoms. The molecule has 1 aliphatic rings. The second-order valence-corrected chi connectivity index (χ2v) is 6.73. The van der Waals surface area contributed by atoms with Crippen LogP contribution in [0.2, 0.25) is 0 Å². The fourth-order valence-corrected chi connectivity index (χ4v) is 3.41. The van der Waals surface area contributed by atoms with Gasteiger partial charge >= 0.3 is 0 Å². The highest BCUT2D eigenvalue weighted by molar-refractivity contribution is 5.76. The van der Waals surface area contributed by atoms with Gasteiger partial charge in [0.1, 0.15) is 5.82 Å². The van der Waals surface area contributed by atoms with Gasteiger partial charge in [0.2, 0.25) is 5.91 Å². The van der Waals surface area contributed by atoms with E-state index in [-0.39, 0.29) is 29.6 Å². The zero-order valence-electron chi connectivity index (χ0n) is 14.6. The number of aliphatic hydroxyl groups is 1. The highest BCUT2D eigenvalue weighted by Gasteiger charge is 2.30. The molecule has 1 aliphatic heterocycles. The zero-order chi connectivity index (χ0) is 18.5.